The summed E-state index contributed by atoms with van der Waals surface area (Å²) in [6.45, 7) is 4.65. The topological polar surface area (TPSA) is 66.1 Å². The molecule has 0 aliphatic carbocycles. The molecule has 1 aliphatic rings. The van der Waals surface area contributed by atoms with Gasteiger partial charge in [0, 0.05) is 32.1 Å². The number of aliphatic imine (C=N–C) groups is 2. The van der Waals surface area contributed by atoms with Gasteiger partial charge in [-0.15, -0.1) is 0 Å². The Morgan fingerprint density at radius 2 is 1.32 bits per heavy atom. The van der Waals surface area contributed by atoms with Crippen LogP contribution < -0.4 is 5.01 Å². The van der Waals surface area contributed by atoms with Crippen LogP contribution in [0.2, 0.25) is 0 Å². The molecule has 3 rings (SSSR count). The van der Waals surface area contributed by atoms with E-state index in [-0.39, 0.29) is 0 Å². The first-order chi connectivity index (χ1) is 15.3. The summed E-state index contributed by atoms with van der Waals surface area (Å²) >= 11 is 0. The van der Waals surface area contributed by atoms with Crippen LogP contribution in [-0.4, -0.2) is 48.2 Å². The SMILES string of the molecule is CCCCCCCCN1/N=C/c2cccc(n2)C=NCCCCN=Cc2cccc1n2. The van der Waals surface area contributed by atoms with Crippen molar-refractivity contribution in [2.24, 2.45) is 15.1 Å². The van der Waals surface area contributed by atoms with Gasteiger partial charge in [-0.05, 0) is 43.5 Å². The summed E-state index contributed by atoms with van der Waals surface area (Å²) in [7, 11) is 0. The van der Waals surface area contributed by atoms with Crippen LogP contribution in [0.25, 0.3) is 0 Å². The third kappa shape index (κ3) is 8.40. The van der Waals surface area contributed by atoms with Crippen molar-refractivity contribution in [1.82, 2.24) is 9.97 Å². The Bertz CT molecular complexity index is 874. The molecule has 164 valence electrons. The van der Waals surface area contributed by atoms with Crippen LogP contribution >= 0.6 is 0 Å². The number of hydrazone groups is 1. The van der Waals surface area contributed by atoms with Gasteiger partial charge in [0.2, 0.25) is 0 Å². The lowest BCUT2D eigenvalue weighted by Crippen LogP contribution is -2.20. The molecule has 3 heterocycles. The van der Waals surface area contributed by atoms with Crippen LogP contribution in [0.4, 0.5) is 5.82 Å². The van der Waals surface area contributed by atoms with Gasteiger partial charge in [-0.2, -0.15) is 5.10 Å². The highest BCUT2D eigenvalue weighted by Gasteiger charge is 2.07. The average molecular weight is 419 g/mol. The average Bonchev–Trinajstić information content (AvgIpc) is 2.80. The lowest BCUT2D eigenvalue weighted by atomic mass is 10.1. The predicted molar refractivity (Wildman–Crippen MR) is 131 cm³/mol. The maximum Gasteiger partial charge on any atom is 0.149 e. The van der Waals surface area contributed by atoms with Crippen LogP contribution in [0.5, 0.6) is 0 Å². The summed E-state index contributed by atoms with van der Waals surface area (Å²) in [5.74, 6) is 0.843. The highest BCUT2D eigenvalue weighted by molar-refractivity contribution is 5.82. The van der Waals surface area contributed by atoms with Crippen molar-refractivity contribution < 1.29 is 0 Å². The molecule has 0 spiro atoms. The highest BCUT2D eigenvalue weighted by atomic mass is 15.5. The molecule has 0 saturated heterocycles. The predicted octanol–water partition coefficient (Wildman–Crippen LogP) is 5.31. The van der Waals surface area contributed by atoms with Crippen LogP contribution in [0, 0.1) is 0 Å². The molecule has 6 nitrogen and oxygen atoms in total. The molecular formula is C25H34N6. The number of anilines is 1. The van der Waals surface area contributed by atoms with Gasteiger partial charge in [-0.25, -0.2) is 15.0 Å². The van der Waals surface area contributed by atoms with Gasteiger partial charge in [0.25, 0.3) is 0 Å². The summed E-state index contributed by atoms with van der Waals surface area (Å²) in [6.07, 6.45) is 15.0. The Kier molecular flexibility index (Phi) is 9.87. The molecule has 0 unspecified atom stereocenters. The molecule has 0 fully saturated rings. The standard InChI is InChI=1S/C25H34N6/c1-2-3-4-5-6-9-18-31-25-15-11-14-23(30-25)20-27-17-8-7-16-26-19-22-12-10-13-24(29-22)21-28-31/h10-15,19-21H,2-9,16-18H2,1H3/b26-19?,27-20?,28-21+. The van der Waals surface area contributed by atoms with Crippen LogP contribution in [0.1, 0.15) is 75.4 Å². The van der Waals surface area contributed by atoms with Crippen LogP contribution in [-0.2, 0) is 0 Å². The molecule has 6 heteroatoms. The van der Waals surface area contributed by atoms with E-state index >= 15 is 0 Å². The first-order valence-electron chi connectivity index (χ1n) is 11.6. The number of aromatic nitrogens is 2. The molecule has 31 heavy (non-hydrogen) atoms. The fourth-order valence-electron chi connectivity index (χ4n) is 3.39. The number of fused-ring (bicyclic) bond motifs is 4. The van der Waals surface area contributed by atoms with E-state index < -0.39 is 0 Å². The number of hydrogen-bond donors (Lipinski definition) is 0. The van der Waals surface area contributed by atoms with E-state index in [0.717, 1.165) is 61.8 Å². The third-order valence-corrected chi connectivity index (χ3v) is 5.14. The second-order valence-electron chi connectivity index (χ2n) is 7.82. The van der Waals surface area contributed by atoms with Gasteiger partial charge in [0.1, 0.15) is 5.82 Å². The van der Waals surface area contributed by atoms with Crippen molar-refractivity contribution in [1.29, 1.82) is 0 Å². The summed E-state index contributed by atoms with van der Waals surface area (Å²) in [4.78, 5) is 18.5. The first kappa shape index (κ1) is 22.8. The minimum Gasteiger partial charge on any atom is -0.291 e. The van der Waals surface area contributed by atoms with Gasteiger partial charge >= 0.3 is 0 Å². The van der Waals surface area contributed by atoms with Gasteiger partial charge in [0.05, 0.1) is 23.3 Å². The monoisotopic (exact) mass is 418 g/mol. The van der Waals surface area contributed by atoms with Crippen molar-refractivity contribution in [2.45, 2.75) is 58.3 Å². The van der Waals surface area contributed by atoms with E-state index in [1.807, 2.05) is 60.1 Å². The second kappa shape index (κ2) is 13.4. The summed E-state index contributed by atoms with van der Waals surface area (Å²) in [5.41, 5.74) is 2.54. The molecule has 0 saturated carbocycles. The van der Waals surface area contributed by atoms with Gasteiger partial charge in [0.15, 0.2) is 0 Å². The molecule has 0 radical (unpaired) electrons. The molecule has 0 atom stereocenters. The zero-order valence-corrected chi connectivity index (χ0v) is 18.7. The molecule has 4 bridgehead atoms. The Labute approximate surface area is 186 Å². The number of rotatable bonds is 7. The van der Waals surface area contributed by atoms with Gasteiger partial charge in [-0.3, -0.25) is 9.98 Å². The smallest absolute Gasteiger partial charge is 0.149 e. The minimum atomic E-state index is 0.786. The van der Waals surface area contributed by atoms with Crippen LogP contribution in [0.15, 0.2) is 51.5 Å². The normalized spacial score (nSPS) is 15.6. The molecule has 1 aliphatic heterocycles. The maximum absolute atomic E-state index is 4.78. The summed E-state index contributed by atoms with van der Waals surface area (Å²) in [6, 6.07) is 12.0. The zero-order chi connectivity index (χ0) is 21.6. The fourth-order valence-corrected chi connectivity index (χ4v) is 3.39. The fraction of sp³-hybridized carbons (Fsp3) is 0.480. The van der Waals surface area contributed by atoms with Crippen LogP contribution in [0.3, 0.4) is 0 Å². The van der Waals surface area contributed by atoms with Crippen molar-refractivity contribution in [2.75, 3.05) is 24.6 Å². The van der Waals surface area contributed by atoms with E-state index in [9.17, 15) is 0 Å². The molecule has 2 aromatic rings. The van der Waals surface area contributed by atoms with E-state index in [4.69, 9.17) is 10.1 Å². The Morgan fingerprint density at radius 1 is 0.710 bits per heavy atom. The van der Waals surface area contributed by atoms with Crippen molar-refractivity contribution in [3.8, 4) is 0 Å². The van der Waals surface area contributed by atoms with E-state index in [2.05, 4.69) is 21.9 Å². The Balaban J connectivity index is 1.79. The quantitative estimate of drug-likeness (QED) is 0.572. The third-order valence-electron chi connectivity index (χ3n) is 5.14. The van der Waals surface area contributed by atoms with Gasteiger partial charge < -0.3 is 0 Å². The highest BCUT2D eigenvalue weighted by Crippen LogP contribution is 2.14. The Hall–Kier alpha value is -2.89. The van der Waals surface area contributed by atoms with E-state index in [1.54, 1.807) is 0 Å². The lowest BCUT2D eigenvalue weighted by molar-refractivity contribution is 0.601. The van der Waals surface area contributed by atoms with Crippen molar-refractivity contribution in [3.63, 3.8) is 0 Å². The van der Waals surface area contributed by atoms with E-state index in [0.29, 0.717) is 0 Å². The number of unbranched alkanes of at least 4 members (excludes halogenated alkanes) is 5. The number of hydrogen-bond acceptors (Lipinski definition) is 6. The molecule has 0 amide bonds. The minimum absolute atomic E-state index is 0.786. The maximum atomic E-state index is 4.78. The van der Waals surface area contributed by atoms with Gasteiger partial charge in [-0.1, -0.05) is 51.2 Å². The Morgan fingerprint density at radius 3 is 2.06 bits per heavy atom. The molecule has 2 aromatic heterocycles. The molecular weight excluding hydrogens is 384 g/mol. The number of pyridine rings is 2. The van der Waals surface area contributed by atoms with Crippen molar-refractivity contribution in [3.05, 3.63) is 53.5 Å². The largest absolute Gasteiger partial charge is 0.291 e. The second-order valence-corrected chi connectivity index (χ2v) is 7.82. The molecule has 0 aromatic carbocycles. The van der Waals surface area contributed by atoms with Crippen molar-refractivity contribution >= 4 is 24.5 Å². The molecule has 0 N–H and O–H groups in total. The zero-order valence-electron chi connectivity index (χ0n) is 18.7. The summed E-state index contributed by atoms with van der Waals surface area (Å²) in [5, 5.41) is 6.73. The first-order valence-corrected chi connectivity index (χ1v) is 11.6. The van der Waals surface area contributed by atoms with E-state index in [1.165, 1.54) is 32.1 Å². The summed E-state index contributed by atoms with van der Waals surface area (Å²) < 4.78 is 0. The number of nitrogens with zero attached hydrogens (tertiary/aromatic N) is 6. The lowest BCUT2D eigenvalue weighted by Gasteiger charge is -2.18.